The average Bonchev–Trinajstić information content (AvgIpc) is 2.67. The summed E-state index contributed by atoms with van der Waals surface area (Å²) in [7, 11) is 0. The van der Waals surface area contributed by atoms with Gasteiger partial charge in [-0.05, 0) is 48.9 Å². The van der Waals surface area contributed by atoms with E-state index in [0.717, 1.165) is 27.6 Å². The first-order valence-corrected chi connectivity index (χ1v) is 10.1. The molecule has 0 spiro atoms. The second-order valence-electron chi connectivity index (χ2n) is 6.26. The number of hydrogen-bond acceptors (Lipinski definition) is 2. The number of para-hydroxylation sites is 1. The van der Waals surface area contributed by atoms with E-state index in [2.05, 4.69) is 24.4 Å². The van der Waals surface area contributed by atoms with E-state index >= 15 is 0 Å². The lowest BCUT2D eigenvalue weighted by Gasteiger charge is -2.10. The first-order valence-electron chi connectivity index (χ1n) is 8.86. The van der Waals surface area contributed by atoms with Crippen molar-refractivity contribution >= 4 is 35.0 Å². The number of carbonyl (C=O) groups is 1. The number of nitrogens with zero attached hydrogens (tertiary/aromatic N) is 1. The number of aryl methyl sites for hydroxylation is 2. The van der Waals surface area contributed by atoms with Gasteiger partial charge in [0, 0.05) is 33.4 Å². The van der Waals surface area contributed by atoms with Gasteiger partial charge in [0.15, 0.2) is 11.9 Å². The van der Waals surface area contributed by atoms with Crippen LogP contribution < -0.4 is 9.88 Å². The molecule has 0 bridgehead atoms. The number of pyridine rings is 1. The van der Waals surface area contributed by atoms with Gasteiger partial charge in [-0.15, -0.1) is 0 Å². The number of carbonyl (C=O) groups excluding carboxylic acids is 1. The Bertz CT molecular complexity index is 941. The van der Waals surface area contributed by atoms with Crippen molar-refractivity contribution in [1.29, 1.82) is 0 Å². The third-order valence-corrected chi connectivity index (χ3v) is 5.57. The number of benzene rings is 2. The zero-order valence-corrected chi connectivity index (χ0v) is 17.0. The number of nitrogens with one attached hydrogen (secondary N) is 1. The van der Waals surface area contributed by atoms with Crippen LogP contribution in [-0.2, 0) is 17.8 Å². The van der Waals surface area contributed by atoms with Gasteiger partial charge >= 0.3 is 0 Å². The number of halogens is 1. The molecule has 1 N–H and O–H groups in total. The smallest absolute Gasteiger partial charge is 0.290 e. The van der Waals surface area contributed by atoms with Crippen molar-refractivity contribution < 1.29 is 9.36 Å². The molecule has 5 heteroatoms. The van der Waals surface area contributed by atoms with Crippen molar-refractivity contribution in [3.8, 4) is 0 Å². The van der Waals surface area contributed by atoms with Gasteiger partial charge in [-0.25, -0.2) is 0 Å². The number of amides is 1. The van der Waals surface area contributed by atoms with Gasteiger partial charge in [0.25, 0.3) is 5.91 Å². The molecule has 1 aromatic heterocycles. The van der Waals surface area contributed by atoms with Crippen LogP contribution in [0.3, 0.4) is 0 Å². The second-order valence-corrected chi connectivity index (χ2v) is 7.81. The van der Waals surface area contributed by atoms with Gasteiger partial charge in [0.1, 0.15) is 0 Å². The summed E-state index contributed by atoms with van der Waals surface area (Å²) < 4.78 is 1.99. The molecule has 3 nitrogen and oxygen atoms in total. The third-order valence-electron chi connectivity index (χ3n) is 4.24. The molecular weight excluding hydrogens is 376 g/mol. The van der Waals surface area contributed by atoms with E-state index in [4.69, 9.17) is 11.6 Å². The molecule has 0 aliphatic carbocycles. The van der Waals surface area contributed by atoms with Crippen LogP contribution in [0.25, 0.3) is 0 Å². The maximum atomic E-state index is 12.6. The predicted molar refractivity (Wildman–Crippen MR) is 111 cm³/mol. The molecular formula is C22H22ClN2OS+. The maximum absolute atomic E-state index is 12.6. The SMILES string of the molecule is CCc1ccc(C)[n+](CC(=O)Nc2ccccc2Sc2ccc(Cl)cc2)c1. The largest absolute Gasteiger partial charge is 0.320 e. The van der Waals surface area contributed by atoms with E-state index in [-0.39, 0.29) is 5.91 Å². The Hall–Kier alpha value is -2.30. The standard InChI is InChI=1S/C22H21ClN2OS/c1-3-17-9-8-16(2)25(14-17)15-22(26)24-20-6-4-5-7-21(20)27-19-12-10-18(23)11-13-19/h4-14H,3,15H2,1-2H3/p+1. The van der Waals surface area contributed by atoms with Crippen LogP contribution in [0.15, 0.2) is 76.7 Å². The van der Waals surface area contributed by atoms with Crippen LogP contribution in [-0.4, -0.2) is 5.91 Å². The summed E-state index contributed by atoms with van der Waals surface area (Å²) in [6.45, 7) is 4.41. The van der Waals surface area contributed by atoms with Gasteiger partial charge in [0.05, 0.1) is 5.69 Å². The highest BCUT2D eigenvalue weighted by atomic mass is 35.5. The van der Waals surface area contributed by atoms with Crippen molar-refractivity contribution in [1.82, 2.24) is 0 Å². The van der Waals surface area contributed by atoms with Crippen LogP contribution in [0.4, 0.5) is 5.69 Å². The molecule has 0 saturated heterocycles. The van der Waals surface area contributed by atoms with Crippen LogP contribution in [0.1, 0.15) is 18.2 Å². The van der Waals surface area contributed by atoms with Crippen molar-refractivity contribution in [3.63, 3.8) is 0 Å². The lowest BCUT2D eigenvalue weighted by Crippen LogP contribution is -2.43. The molecule has 3 aromatic rings. The summed E-state index contributed by atoms with van der Waals surface area (Å²) in [6, 6.07) is 19.7. The van der Waals surface area contributed by atoms with Crippen LogP contribution in [0.5, 0.6) is 0 Å². The summed E-state index contributed by atoms with van der Waals surface area (Å²) in [5.74, 6) is -0.0412. The fraction of sp³-hybridized carbons (Fsp3) is 0.182. The normalized spacial score (nSPS) is 10.6. The Kier molecular flexibility index (Phi) is 6.54. The highest BCUT2D eigenvalue weighted by molar-refractivity contribution is 7.99. The Morgan fingerprint density at radius 1 is 1.07 bits per heavy atom. The topological polar surface area (TPSA) is 33.0 Å². The summed E-state index contributed by atoms with van der Waals surface area (Å²) in [4.78, 5) is 14.7. The molecule has 138 valence electrons. The van der Waals surface area contributed by atoms with Crippen molar-refractivity contribution in [3.05, 3.63) is 83.1 Å². The number of anilines is 1. The first-order chi connectivity index (χ1) is 13.0. The van der Waals surface area contributed by atoms with Gasteiger partial charge in [0.2, 0.25) is 6.54 Å². The van der Waals surface area contributed by atoms with E-state index in [1.54, 1.807) is 11.8 Å². The molecule has 1 heterocycles. The molecule has 1 amide bonds. The summed E-state index contributed by atoms with van der Waals surface area (Å²) in [5.41, 5.74) is 3.09. The first kappa shape index (κ1) is 19.5. The van der Waals surface area contributed by atoms with E-state index in [1.807, 2.05) is 66.2 Å². The summed E-state index contributed by atoms with van der Waals surface area (Å²) >= 11 is 7.56. The van der Waals surface area contributed by atoms with Crippen LogP contribution in [0.2, 0.25) is 5.02 Å². The zero-order chi connectivity index (χ0) is 19.2. The third kappa shape index (κ3) is 5.34. The Morgan fingerprint density at radius 2 is 1.81 bits per heavy atom. The Labute approximate surface area is 169 Å². The molecule has 0 aliphatic heterocycles. The minimum absolute atomic E-state index is 0.0412. The second kappa shape index (κ2) is 9.07. The molecule has 0 atom stereocenters. The molecule has 27 heavy (non-hydrogen) atoms. The van der Waals surface area contributed by atoms with Crippen molar-refractivity contribution in [2.24, 2.45) is 0 Å². The van der Waals surface area contributed by atoms with Crippen molar-refractivity contribution in [2.75, 3.05) is 5.32 Å². The molecule has 0 saturated carbocycles. The molecule has 2 aromatic carbocycles. The number of rotatable bonds is 6. The van der Waals surface area contributed by atoms with Gasteiger partial charge < -0.3 is 5.32 Å². The van der Waals surface area contributed by atoms with Crippen molar-refractivity contribution in [2.45, 2.75) is 36.6 Å². The minimum Gasteiger partial charge on any atom is -0.320 e. The maximum Gasteiger partial charge on any atom is 0.290 e. The highest BCUT2D eigenvalue weighted by Gasteiger charge is 2.15. The van der Waals surface area contributed by atoms with E-state index in [1.165, 1.54) is 5.56 Å². The Balaban J connectivity index is 1.74. The monoisotopic (exact) mass is 397 g/mol. The van der Waals surface area contributed by atoms with Crippen LogP contribution in [0, 0.1) is 6.92 Å². The lowest BCUT2D eigenvalue weighted by atomic mass is 10.2. The number of aromatic nitrogens is 1. The quantitative estimate of drug-likeness (QED) is 0.573. The molecule has 0 unspecified atom stereocenters. The summed E-state index contributed by atoms with van der Waals surface area (Å²) in [6.07, 6.45) is 2.99. The van der Waals surface area contributed by atoms with Gasteiger partial charge in [-0.1, -0.05) is 42.4 Å². The zero-order valence-electron chi connectivity index (χ0n) is 15.4. The fourth-order valence-corrected chi connectivity index (χ4v) is 3.71. The number of hydrogen-bond donors (Lipinski definition) is 1. The van der Waals surface area contributed by atoms with E-state index < -0.39 is 0 Å². The molecule has 0 fully saturated rings. The molecule has 0 aliphatic rings. The van der Waals surface area contributed by atoms with E-state index in [0.29, 0.717) is 11.6 Å². The molecule has 3 rings (SSSR count). The average molecular weight is 398 g/mol. The van der Waals surface area contributed by atoms with Gasteiger partial charge in [-0.3, -0.25) is 4.79 Å². The highest BCUT2D eigenvalue weighted by Crippen LogP contribution is 2.33. The minimum atomic E-state index is -0.0412. The van der Waals surface area contributed by atoms with Gasteiger partial charge in [-0.2, -0.15) is 4.57 Å². The molecule has 0 radical (unpaired) electrons. The fourth-order valence-electron chi connectivity index (χ4n) is 2.68. The van der Waals surface area contributed by atoms with E-state index in [9.17, 15) is 4.79 Å². The Morgan fingerprint density at radius 3 is 2.56 bits per heavy atom. The summed E-state index contributed by atoms with van der Waals surface area (Å²) in [5, 5.41) is 3.76. The lowest BCUT2D eigenvalue weighted by molar-refractivity contribution is -0.690. The predicted octanol–water partition coefficient (Wildman–Crippen LogP) is 5.29. The van der Waals surface area contributed by atoms with Crippen LogP contribution >= 0.6 is 23.4 Å².